The van der Waals surface area contributed by atoms with Crippen molar-refractivity contribution in [1.82, 2.24) is 4.98 Å². The maximum atomic E-state index is 11.7. The number of ether oxygens (including phenoxy) is 1. The predicted molar refractivity (Wildman–Crippen MR) is 84.9 cm³/mol. The van der Waals surface area contributed by atoms with Crippen LogP contribution in [0.5, 0.6) is 0 Å². The van der Waals surface area contributed by atoms with Crippen molar-refractivity contribution in [2.75, 3.05) is 6.61 Å². The van der Waals surface area contributed by atoms with Crippen LogP contribution >= 0.6 is 23.1 Å². The van der Waals surface area contributed by atoms with E-state index < -0.39 is 0 Å². The molecule has 0 aliphatic rings. The SMILES string of the molecule is CCOC(=O)CCC(=O)Sc1nc2ccccc2s1.[CaH2]. The molecule has 20 heavy (non-hydrogen) atoms. The Bertz CT molecular complexity index is 567. The molecule has 0 unspecified atom stereocenters. The molecular weight excluding hydrogens is 322 g/mol. The topological polar surface area (TPSA) is 56.3 Å². The number of fused-ring (bicyclic) bond motifs is 1. The molecule has 0 saturated heterocycles. The van der Waals surface area contributed by atoms with Crippen LogP contribution in [0, 0.1) is 0 Å². The first kappa shape index (κ1) is 17.9. The number of nitrogens with zero attached hydrogens (tertiary/aromatic N) is 1. The van der Waals surface area contributed by atoms with Gasteiger partial charge in [0.05, 0.1) is 23.2 Å². The Morgan fingerprint density at radius 2 is 2.05 bits per heavy atom. The van der Waals surface area contributed by atoms with Gasteiger partial charge < -0.3 is 4.74 Å². The number of para-hydroxylation sites is 1. The summed E-state index contributed by atoms with van der Waals surface area (Å²) in [6.45, 7) is 2.09. The average Bonchev–Trinajstić information content (AvgIpc) is 2.78. The van der Waals surface area contributed by atoms with Crippen molar-refractivity contribution < 1.29 is 14.3 Å². The van der Waals surface area contributed by atoms with Crippen LogP contribution in [0.15, 0.2) is 28.6 Å². The summed E-state index contributed by atoms with van der Waals surface area (Å²) in [7, 11) is 0. The van der Waals surface area contributed by atoms with Crippen LogP contribution in [0.3, 0.4) is 0 Å². The summed E-state index contributed by atoms with van der Waals surface area (Å²) in [5.74, 6) is -0.333. The first-order valence-electron chi connectivity index (χ1n) is 5.91. The van der Waals surface area contributed by atoms with Crippen LogP contribution in [0.2, 0.25) is 0 Å². The summed E-state index contributed by atoms with van der Waals surface area (Å²) in [6.07, 6.45) is 0.310. The molecule has 0 amide bonds. The molecule has 2 rings (SSSR count). The van der Waals surface area contributed by atoms with Crippen molar-refractivity contribution in [2.45, 2.75) is 24.1 Å². The van der Waals surface area contributed by atoms with E-state index >= 15 is 0 Å². The zero-order valence-electron chi connectivity index (χ0n) is 10.4. The molecule has 0 bridgehead atoms. The molecule has 0 fully saturated rings. The van der Waals surface area contributed by atoms with E-state index in [0.717, 1.165) is 26.3 Å². The van der Waals surface area contributed by atoms with Gasteiger partial charge in [-0.3, -0.25) is 9.59 Å². The van der Waals surface area contributed by atoms with Gasteiger partial charge in [-0.05, 0) is 30.8 Å². The summed E-state index contributed by atoms with van der Waals surface area (Å²) in [6, 6.07) is 7.75. The summed E-state index contributed by atoms with van der Waals surface area (Å²) >= 11 is 2.58. The number of hydrogen-bond acceptors (Lipinski definition) is 6. The second kappa shape index (κ2) is 9.00. The Hall–Kier alpha value is -0.140. The van der Waals surface area contributed by atoms with Crippen LogP contribution in [-0.2, 0) is 14.3 Å². The average molecular weight is 337 g/mol. The normalized spacial score (nSPS) is 10.1. The van der Waals surface area contributed by atoms with Crippen LogP contribution in [0.25, 0.3) is 10.2 Å². The molecule has 0 atom stereocenters. The van der Waals surface area contributed by atoms with Crippen molar-refractivity contribution in [3.63, 3.8) is 0 Å². The number of benzene rings is 1. The Kier molecular flexibility index (Phi) is 8.06. The van der Waals surface area contributed by atoms with Gasteiger partial charge in [-0.2, -0.15) is 0 Å². The fourth-order valence-electron chi connectivity index (χ4n) is 1.48. The van der Waals surface area contributed by atoms with Crippen molar-refractivity contribution >= 4 is 82.1 Å². The fourth-order valence-corrected chi connectivity index (χ4v) is 3.44. The third kappa shape index (κ3) is 5.33. The number of thioether (sulfide) groups is 1. The number of esters is 1. The molecule has 7 heteroatoms. The van der Waals surface area contributed by atoms with Crippen LogP contribution in [-0.4, -0.2) is 60.4 Å². The van der Waals surface area contributed by atoms with Gasteiger partial charge in [0.1, 0.15) is 0 Å². The number of rotatable bonds is 5. The van der Waals surface area contributed by atoms with E-state index in [-0.39, 0.29) is 61.7 Å². The van der Waals surface area contributed by atoms with E-state index in [4.69, 9.17) is 4.74 Å². The number of hydrogen-bond donors (Lipinski definition) is 0. The molecule has 1 aromatic carbocycles. The molecule has 0 radical (unpaired) electrons. The zero-order chi connectivity index (χ0) is 13.7. The molecule has 0 spiro atoms. The molecule has 1 aromatic heterocycles. The van der Waals surface area contributed by atoms with Crippen LogP contribution in [0.4, 0.5) is 0 Å². The minimum atomic E-state index is -0.333. The van der Waals surface area contributed by atoms with Crippen molar-refractivity contribution in [3.8, 4) is 0 Å². The van der Waals surface area contributed by atoms with Crippen molar-refractivity contribution in [2.24, 2.45) is 0 Å². The molecule has 0 aliphatic heterocycles. The second-order valence-corrected chi connectivity index (χ2v) is 6.06. The Balaban J connectivity index is 0.00000200. The van der Waals surface area contributed by atoms with E-state index in [1.165, 1.54) is 11.3 Å². The fraction of sp³-hybridized carbons (Fsp3) is 0.308. The van der Waals surface area contributed by atoms with Gasteiger partial charge in [0.25, 0.3) is 0 Å². The number of carbonyl (C=O) groups is 2. The summed E-state index contributed by atoms with van der Waals surface area (Å²) in [4.78, 5) is 27.2. The minimum absolute atomic E-state index is 0. The molecule has 2 aromatic rings. The predicted octanol–water partition coefficient (Wildman–Crippen LogP) is 2.34. The first-order valence-corrected chi connectivity index (χ1v) is 7.54. The first-order chi connectivity index (χ1) is 9.19. The summed E-state index contributed by atoms with van der Waals surface area (Å²) in [5, 5.41) is -0.0629. The molecule has 0 N–H and O–H groups in total. The van der Waals surface area contributed by atoms with Gasteiger partial charge in [0, 0.05) is 6.42 Å². The van der Waals surface area contributed by atoms with E-state index in [9.17, 15) is 9.59 Å². The van der Waals surface area contributed by atoms with E-state index in [2.05, 4.69) is 4.98 Å². The van der Waals surface area contributed by atoms with Gasteiger partial charge >= 0.3 is 43.7 Å². The molecule has 1 heterocycles. The quantitative estimate of drug-likeness (QED) is 0.476. The van der Waals surface area contributed by atoms with E-state index in [1.807, 2.05) is 24.3 Å². The van der Waals surface area contributed by atoms with Gasteiger partial charge in [-0.25, -0.2) is 4.98 Å². The van der Waals surface area contributed by atoms with Gasteiger partial charge in [0.15, 0.2) is 9.45 Å². The Morgan fingerprint density at radius 1 is 1.30 bits per heavy atom. The van der Waals surface area contributed by atoms with Gasteiger partial charge in [-0.1, -0.05) is 12.1 Å². The van der Waals surface area contributed by atoms with Crippen LogP contribution < -0.4 is 0 Å². The van der Waals surface area contributed by atoms with E-state index in [0.29, 0.717) is 6.61 Å². The maximum absolute atomic E-state index is 11.7. The number of aromatic nitrogens is 1. The standard InChI is InChI=1S/C13H13NO3S2.Ca.2H/c1-2-17-11(15)7-8-12(16)19-13-14-9-5-3-4-6-10(9)18-13;;;/h3-6H,2,7-8H2,1H3;;;. The Labute approximate surface area is 155 Å². The third-order valence-corrected chi connectivity index (χ3v) is 4.34. The van der Waals surface area contributed by atoms with Gasteiger partial charge in [0.2, 0.25) is 0 Å². The number of carbonyl (C=O) groups excluding carboxylic acids is 2. The van der Waals surface area contributed by atoms with Gasteiger partial charge in [-0.15, -0.1) is 11.3 Å². The summed E-state index contributed by atoms with van der Waals surface area (Å²) < 4.78 is 6.55. The molecule has 104 valence electrons. The second-order valence-electron chi connectivity index (χ2n) is 3.73. The molecule has 0 aliphatic carbocycles. The number of thiazole rings is 1. The van der Waals surface area contributed by atoms with Crippen molar-refractivity contribution in [1.29, 1.82) is 0 Å². The third-order valence-electron chi connectivity index (χ3n) is 2.31. The van der Waals surface area contributed by atoms with Crippen molar-refractivity contribution in [3.05, 3.63) is 24.3 Å². The molecular formula is C13H15CaNO3S2. The van der Waals surface area contributed by atoms with E-state index in [1.54, 1.807) is 6.92 Å². The van der Waals surface area contributed by atoms with Crippen LogP contribution in [0.1, 0.15) is 19.8 Å². The molecule has 0 saturated carbocycles. The zero-order valence-corrected chi connectivity index (χ0v) is 12.1. The summed E-state index contributed by atoms with van der Waals surface area (Å²) in [5.41, 5.74) is 0.896. The molecule has 4 nitrogen and oxygen atoms in total. The Morgan fingerprint density at radius 3 is 2.75 bits per heavy atom. The monoisotopic (exact) mass is 337 g/mol.